The van der Waals surface area contributed by atoms with E-state index in [0.29, 0.717) is 11.4 Å². The van der Waals surface area contributed by atoms with Crippen molar-refractivity contribution in [1.29, 1.82) is 5.26 Å². The Morgan fingerprint density at radius 3 is 2.46 bits per heavy atom. The predicted molar refractivity (Wildman–Crippen MR) is 101 cm³/mol. The Labute approximate surface area is 148 Å². The third-order valence-electron chi connectivity index (χ3n) is 4.71. The number of nitriles is 1. The third-order valence-corrected chi connectivity index (χ3v) is 6.23. The van der Waals surface area contributed by atoms with Crippen LogP contribution < -0.4 is 5.73 Å². The van der Waals surface area contributed by atoms with E-state index in [2.05, 4.69) is 44.0 Å². The third kappa shape index (κ3) is 3.18. The lowest BCUT2D eigenvalue weighted by Crippen LogP contribution is -2.09. The number of hydrogen-bond acceptors (Lipinski definition) is 4. The van der Waals surface area contributed by atoms with Gasteiger partial charge in [-0.15, -0.1) is 11.3 Å². The Hall–Kier alpha value is -1.86. The lowest BCUT2D eigenvalue weighted by molar-refractivity contribution is 0.604. The van der Waals surface area contributed by atoms with Crippen LogP contribution in [0.25, 0.3) is 10.4 Å². The SMILES string of the molecule is CC(C)(C)c1ccc(-c2c(C#N)c(N)nc3c2CCCCCC3)s1. The summed E-state index contributed by atoms with van der Waals surface area (Å²) in [5, 5.41) is 9.69. The molecule has 3 nitrogen and oxygen atoms in total. The van der Waals surface area contributed by atoms with Gasteiger partial charge >= 0.3 is 0 Å². The van der Waals surface area contributed by atoms with Crippen molar-refractivity contribution in [3.05, 3.63) is 33.8 Å². The number of aromatic nitrogens is 1. The standard InChI is InChI=1S/C20H25N3S/c1-20(2,3)17-11-10-16(24-17)18-13-8-6-4-5-7-9-15(13)23-19(22)14(18)12-21/h10-11H,4-9H2,1-3H3,(H2,22,23). The highest BCUT2D eigenvalue weighted by Crippen LogP contribution is 2.41. The smallest absolute Gasteiger partial charge is 0.142 e. The van der Waals surface area contributed by atoms with Gasteiger partial charge in [-0.3, -0.25) is 0 Å². The van der Waals surface area contributed by atoms with Crippen molar-refractivity contribution in [2.75, 3.05) is 5.73 Å². The van der Waals surface area contributed by atoms with Gasteiger partial charge in [0.1, 0.15) is 17.5 Å². The van der Waals surface area contributed by atoms with Crippen molar-refractivity contribution in [3.63, 3.8) is 0 Å². The van der Waals surface area contributed by atoms with Gasteiger partial charge in [0, 0.05) is 21.0 Å². The summed E-state index contributed by atoms with van der Waals surface area (Å²) in [5.41, 5.74) is 10.2. The first-order chi connectivity index (χ1) is 11.4. The first kappa shape index (κ1) is 17.0. The summed E-state index contributed by atoms with van der Waals surface area (Å²) in [6.07, 6.45) is 6.79. The molecule has 4 heteroatoms. The molecule has 2 aromatic rings. The van der Waals surface area contributed by atoms with E-state index in [1.807, 2.05) is 0 Å². The van der Waals surface area contributed by atoms with Gasteiger partial charge in [0.05, 0.1) is 0 Å². The monoisotopic (exact) mass is 339 g/mol. The molecule has 0 saturated heterocycles. The number of fused-ring (bicyclic) bond motifs is 1. The van der Waals surface area contributed by atoms with Gasteiger partial charge in [-0.25, -0.2) is 4.98 Å². The van der Waals surface area contributed by atoms with Crippen molar-refractivity contribution in [3.8, 4) is 16.5 Å². The first-order valence-electron chi connectivity index (χ1n) is 8.74. The first-order valence-corrected chi connectivity index (χ1v) is 9.55. The summed E-state index contributed by atoms with van der Waals surface area (Å²) in [4.78, 5) is 7.07. The molecule has 24 heavy (non-hydrogen) atoms. The molecule has 1 aliphatic carbocycles. The summed E-state index contributed by atoms with van der Waals surface area (Å²) in [7, 11) is 0. The molecule has 0 fully saturated rings. The molecule has 2 N–H and O–H groups in total. The lowest BCUT2D eigenvalue weighted by atomic mass is 9.90. The van der Waals surface area contributed by atoms with Crippen molar-refractivity contribution in [1.82, 2.24) is 4.98 Å². The average Bonchev–Trinajstić information content (AvgIpc) is 2.98. The van der Waals surface area contributed by atoms with E-state index in [4.69, 9.17) is 5.73 Å². The zero-order chi connectivity index (χ0) is 17.3. The molecule has 0 amide bonds. The summed E-state index contributed by atoms with van der Waals surface area (Å²) in [6.45, 7) is 6.66. The molecule has 0 radical (unpaired) electrons. The van der Waals surface area contributed by atoms with Crippen LogP contribution in [0.1, 0.15) is 68.2 Å². The fraction of sp³-hybridized carbons (Fsp3) is 0.500. The fourth-order valence-electron chi connectivity index (χ4n) is 3.38. The zero-order valence-corrected chi connectivity index (χ0v) is 15.6. The molecule has 0 bridgehead atoms. The molecule has 1 aliphatic rings. The molecule has 0 atom stereocenters. The minimum absolute atomic E-state index is 0.114. The molecule has 0 aromatic carbocycles. The maximum atomic E-state index is 9.69. The Kier molecular flexibility index (Phi) is 4.64. The molecule has 2 heterocycles. The predicted octanol–water partition coefficient (Wildman–Crippen LogP) is 5.22. The largest absolute Gasteiger partial charge is 0.383 e. The minimum atomic E-state index is 0.114. The summed E-state index contributed by atoms with van der Waals surface area (Å²) >= 11 is 1.78. The Balaban J connectivity index is 2.21. The topological polar surface area (TPSA) is 62.7 Å². The summed E-state index contributed by atoms with van der Waals surface area (Å²) in [5.74, 6) is 0.387. The molecule has 126 valence electrons. The number of anilines is 1. The average molecular weight is 340 g/mol. The van der Waals surface area contributed by atoms with Crippen LogP contribution in [0.15, 0.2) is 12.1 Å². The fourth-order valence-corrected chi connectivity index (χ4v) is 4.52. The molecule has 0 unspecified atom stereocenters. The van der Waals surface area contributed by atoms with Gasteiger partial charge in [0.25, 0.3) is 0 Å². The molecular formula is C20H25N3S. The van der Waals surface area contributed by atoms with E-state index in [0.717, 1.165) is 41.8 Å². The van der Waals surface area contributed by atoms with E-state index in [9.17, 15) is 5.26 Å². The van der Waals surface area contributed by atoms with Crippen molar-refractivity contribution in [2.45, 2.75) is 64.7 Å². The van der Waals surface area contributed by atoms with Crippen LogP contribution in [-0.2, 0) is 18.3 Å². The van der Waals surface area contributed by atoms with Gasteiger partial charge in [-0.2, -0.15) is 5.26 Å². The van der Waals surface area contributed by atoms with Gasteiger partial charge < -0.3 is 5.73 Å². The second-order valence-electron chi connectivity index (χ2n) is 7.61. The van der Waals surface area contributed by atoms with Crippen LogP contribution in [-0.4, -0.2) is 4.98 Å². The van der Waals surface area contributed by atoms with E-state index in [1.165, 1.54) is 23.3 Å². The van der Waals surface area contributed by atoms with Crippen LogP contribution in [0.2, 0.25) is 0 Å². The van der Waals surface area contributed by atoms with Crippen molar-refractivity contribution >= 4 is 17.2 Å². The Bertz CT molecular complexity index is 790. The van der Waals surface area contributed by atoms with Crippen LogP contribution in [0.4, 0.5) is 5.82 Å². The second-order valence-corrected chi connectivity index (χ2v) is 8.70. The van der Waals surface area contributed by atoms with Gasteiger partial charge in [0.15, 0.2) is 0 Å². The molecule has 0 aliphatic heterocycles. The lowest BCUT2D eigenvalue weighted by Gasteiger charge is -2.19. The maximum absolute atomic E-state index is 9.69. The van der Waals surface area contributed by atoms with Crippen molar-refractivity contribution < 1.29 is 0 Å². The summed E-state index contributed by atoms with van der Waals surface area (Å²) < 4.78 is 0. The maximum Gasteiger partial charge on any atom is 0.142 e. The molecular weight excluding hydrogens is 314 g/mol. The van der Waals surface area contributed by atoms with Crippen molar-refractivity contribution in [2.24, 2.45) is 0 Å². The van der Waals surface area contributed by atoms with Crippen LogP contribution in [0.3, 0.4) is 0 Å². The Morgan fingerprint density at radius 2 is 1.83 bits per heavy atom. The minimum Gasteiger partial charge on any atom is -0.383 e. The highest BCUT2D eigenvalue weighted by atomic mass is 32.1. The second kappa shape index (κ2) is 6.57. The van der Waals surface area contributed by atoms with Gasteiger partial charge in [0.2, 0.25) is 0 Å². The normalized spacial score (nSPS) is 15.2. The zero-order valence-electron chi connectivity index (χ0n) is 14.8. The molecule has 0 spiro atoms. The number of nitrogen functional groups attached to an aromatic ring is 1. The highest BCUT2D eigenvalue weighted by Gasteiger charge is 2.23. The highest BCUT2D eigenvalue weighted by molar-refractivity contribution is 7.15. The number of nitrogens with zero attached hydrogens (tertiary/aromatic N) is 2. The number of rotatable bonds is 1. The van der Waals surface area contributed by atoms with Crippen LogP contribution in [0, 0.1) is 11.3 Å². The summed E-state index contributed by atoms with van der Waals surface area (Å²) in [6, 6.07) is 6.66. The van der Waals surface area contributed by atoms with E-state index in [-0.39, 0.29) is 5.41 Å². The molecule has 2 aromatic heterocycles. The van der Waals surface area contributed by atoms with E-state index < -0.39 is 0 Å². The van der Waals surface area contributed by atoms with Crippen LogP contribution >= 0.6 is 11.3 Å². The van der Waals surface area contributed by atoms with Crippen LogP contribution in [0.5, 0.6) is 0 Å². The van der Waals surface area contributed by atoms with Gasteiger partial charge in [-0.1, -0.05) is 33.6 Å². The van der Waals surface area contributed by atoms with E-state index >= 15 is 0 Å². The quantitative estimate of drug-likeness (QED) is 0.774. The number of aryl methyl sites for hydroxylation is 1. The Morgan fingerprint density at radius 1 is 1.12 bits per heavy atom. The number of thiophene rings is 1. The van der Waals surface area contributed by atoms with Gasteiger partial charge in [-0.05, 0) is 48.8 Å². The number of hydrogen-bond donors (Lipinski definition) is 1. The molecule has 3 rings (SSSR count). The van der Waals surface area contributed by atoms with E-state index in [1.54, 1.807) is 11.3 Å². The number of nitrogens with two attached hydrogens (primary N) is 1. The molecule has 0 saturated carbocycles. The number of pyridine rings is 1.